The molecule has 0 aliphatic carbocycles. The molecule has 0 radical (unpaired) electrons. The van der Waals surface area contributed by atoms with E-state index in [1.165, 1.54) is 30.3 Å². The van der Waals surface area contributed by atoms with Crippen molar-refractivity contribution in [2.24, 2.45) is 0 Å². The highest BCUT2D eigenvalue weighted by atomic mass is 32.3. The molecule has 5 nitrogen and oxygen atoms in total. The fraction of sp³-hybridized carbons (Fsp3) is 0.630. The van der Waals surface area contributed by atoms with Gasteiger partial charge in [0.25, 0.3) is 0 Å². The molecule has 0 N–H and O–H groups in total. The highest BCUT2D eigenvalue weighted by Crippen LogP contribution is 2.68. The molecule has 51 heavy (non-hydrogen) atoms. The average molecular weight is 815 g/mol. The lowest BCUT2D eigenvalue weighted by atomic mass is 9.91. The van der Waals surface area contributed by atoms with E-state index in [2.05, 4.69) is 3.63 Å². The number of benzene rings is 2. The SMILES string of the molecule is O=S(=O)(OS1(c2ccc(OC3CCCCO3)c3ccccc23)CCCC1)C(F)(F)C(F)(F)C(F)(F)C(F)(F)C(F)(F)C(F)(F)C(F)(F)C(F)(F)F. The summed E-state index contributed by atoms with van der Waals surface area (Å²) < 4.78 is 276. The molecule has 2 heterocycles. The molecular formula is C27H23F17O5S2. The summed E-state index contributed by atoms with van der Waals surface area (Å²) >= 11 is 0. The van der Waals surface area contributed by atoms with Crippen molar-refractivity contribution in [3.63, 3.8) is 0 Å². The third kappa shape index (κ3) is 6.15. The largest absolute Gasteiger partial charge is 0.464 e. The molecule has 1 atom stereocenters. The van der Waals surface area contributed by atoms with Crippen LogP contribution in [0.3, 0.4) is 0 Å². The Labute approximate surface area is 278 Å². The Balaban J connectivity index is 1.77. The van der Waals surface area contributed by atoms with Crippen molar-refractivity contribution in [2.75, 3.05) is 18.1 Å². The lowest BCUT2D eigenvalue weighted by Crippen LogP contribution is -2.75. The van der Waals surface area contributed by atoms with Crippen LogP contribution in [0.2, 0.25) is 0 Å². The zero-order valence-corrected chi connectivity index (χ0v) is 26.6. The van der Waals surface area contributed by atoms with Crippen LogP contribution in [0, 0.1) is 0 Å². The van der Waals surface area contributed by atoms with Crippen LogP contribution in [-0.2, 0) is 18.5 Å². The Morgan fingerprint density at radius 2 is 1.10 bits per heavy atom. The number of fused-ring (bicyclic) bond motifs is 1. The van der Waals surface area contributed by atoms with Crippen molar-refractivity contribution < 1.29 is 96.2 Å². The number of rotatable bonds is 12. The van der Waals surface area contributed by atoms with E-state index in [0.717, 1.165) is 6.07 Å². The fourth-order valence-corrected chi connectivity index (χ4v) is 11.1. The summed E-state index contributed by atoms with van der Waals surface area (Å²) in [6.07, 6.45) is -7.04. The molecule has 0 amide bonds. The second kappa shape index (κ2) is 12.8. The molecule has 24 heteroatoms. The first-order valence-corrected chi connectivity index (χ1v) is 17.5. The first-order valence-electron chi connectivity index (χ1n) is 14.2. The predicted molar refractivity (Wildman–Crippen MR) is 144 cm³/mol. The molecule has 2 aliphatic heterocycles. The molecule has 2 aromatic carbocycles. The van der Waals surface area contributed by atoms with Crippen molar-refractivity contribution >= 4 is 31.2 Å². The van der Waals surface area contributed by atoms with Crippen LogP contribution in [0.5, 0.6) is 5.75 Å². The van der Waals surface area contributed by atoms with Crippen LogP contribution < -0.4 is 4.74 Å². The molecular weight excluding hydrogens is 791 g/mol. The Bertz CT molecular complexity index is 1700. The van der Waals surface area contributed by atoms with Gasteiger partial charge in [-0.05, 0) is 43.2 Å². The minimum absolute atomic E-state index is 0.0303. The predicted octanol–water partition coefficient (Wildman–Crippen LogP) is 9.93. The molecule has 2 aromatic rings. The van der Waals surface area contributed by atoms with Gasteiger partial charge < -0.3 is 9.47 Å². The Morgan fingerprint density at radius 1 is 0.608 bits per heavy atom. The van der Waals surface area contributed by atoms with Gasteiger partial charge in [0, 0.05) is 28.2 Å². The maximum atomic E-state index is 15.0. The molecule has 0 aromatic heterocycles. The van der Waals surface area contributed by atoms with Crippen molar-refractivity contribution in [1.29, 1.82) is 0 Å². The molecule has 0 bridgehead atoms. The normalized spacial score (nSPS) is 21.2. The minimum atomic E-state index is -8.92. The number of alkyl halides is 17. The zero-order valence-electron chi connectivity index (χ0n) is 25.0. The van der Waals surface area contributed by atoms with Crippen molar-refractivity contribution in [3.8, 4) is 5.75 Å². The molecule has 4 rings (SSSR count). The van der Waals surface area contributed by atoms with Gasteiger partial charge in [0.1, 0.15) is 5.75 Å². The number of ether oxygens (including phenoxy) is 2. The molecule has 2 saturated heterocycles. The van der Waals surface area contributed by atoms with Crippen molar-refractivity contribution in [2.45, 2.75) is 90.3 Å². The fourth-order valence-electron chi connectivity index (χ4n) is 5.23. The van der Waals surface area contributed by atoms with Crippen LogP contribution in [0.15, 0.2) is 41.3 Å². The molecule has 2 aliphatic rings. The van der Waals surface area contributed by atoms with Crippen molar-refractivity contribution in [1.82, 2.24) is 0 Å². The summed E-state index contributed by atoms with van der Waals surface area (Å²) in [5.74, 6) is -53.2. The topological polar surface area (TPSA) is 61.8 Å². The third-order valence-electron chi connectivity index (χ3n) is 8.07. The summed E-state index contributed by atoms with van der Waals surface area (Å²) in [7, 11) is -11.7. The minimum Gasteiger partial charge on any atom is -0.464 e. The first-order chi connectivity index (χ1) is 23.0. The van der Waals surface area contributed by atoms with Gasteiger partial charge in [0.2, 0.25) is 0 Å². The van der Waals surface area contributed by atoms with Crippen LogP contribution >= 0.6 is 10.3 Å². The molecule has 292 valence electrons. The van der Waals surface area contributed by atoms with Gasteiger partial charge in [0.05, 0.1) is 6.61 Å². The van der Waals surface area contributed by atoms with Crippen LogP contribution in [0.4, 0.5) is 74.6 Å². The van der Waals surface area contributed by atoms with Gasteiger partial charge in [-0.1, -0.05) is 34.6 Å². The number of halogens is 17. The zero-order chi connectivity index (χ0) is 38.9. The van der Waals surface area contributed by atoms with Gasteiger partial charge >= 0.3 is 57.1 Å². The smallest absolute Gasteiger partial charge is 0.460 e. The van der Waals surface area contributed by atoms with Gasteiger partial charge in [0.15, 0.2) is 6.29 Å². The van der Waals surface area contributed by atoms with Crippen molar-refractivity contribution in [3.05, 3.63) is 36.4 Å². The van der Waals surface area contributed by atoms with Gasteiger partial charge in [-0.3, -0.25) is 0 Å². The molecule has 0 spiro atoms. The highest BCUT2D eigenvalue weighted by Gasteiger charge is 2.96. The Hall–Kier alpha value is -2.47. The summed E-state index contributed by atoms with van der Waals surface area (Å²) in [6.45, 7) is 0.323. The molecule has 0 saturated carbocycles. The van der Waals surface area contributed by atoms with Crippen LogP contribution in [0.25, 0.3) is 10.8 Å². The molecule has 1 unspecified atom stereocenters. The second-order valence-corrected chi connectivity index (χ2v) is 16.3. The quantitative estimate of drug-likeness (QED) is 0.200. The van der Waals surface area contributed by atoms with E-state index in [1.54, 1.807) is 0 Å². The van der Waals surface area contributed by atoms with Gasteiger partial charge in [-0.2, -0.15) is 83.1 Å². The standard InChI is InChI=1S/C27H23F17O5S2/c28-20(29,22(32,33)24(36,37)26(40,41)42)21(30,31)23(34,35)25(38,39)27(43,44)51(45,46)49-50(13-5-6-14-50)18-11-10-17(15-7-1-2-8-16(15)18)48-19-9-3-4-12-47-19/h1-2,7-8,10-11,19H,3-6,9,12-14H2. The Morgan fingerprint density at radius 3 is 1.59 bits per heavy atom. The third-order valence-corrected chi connectivity index (χ3v) is 13.8. The van der Waals surface area contributed by atoms with E-state index < -0.39 is 85.2 Å². The summed E-state index contributed by atoms with van der Waals surface area (Å²) in [5.41, 5.74) is 0. The van der Waals surface area contributed by atoms with Crippen LogP contribution in [-0.4, -0.2) is 79.8 Å². The number of hydrogen-bond donors (Lipinski definition) is 0. The lowest BCUT2D eigenvalue weighted by molar-refractivity contribution is -0.458. The van der Waals surface area contributed by atoms with E-state index in [1.807, 2.05) is 0 Å². The number of hydrogen-bond acceptors (Lipinski definition) is 5. The molecule has 2 fully saturated rings. The summed E-state index contributed by atoms with van der Waals surface area (Å²) in [5, 5.41) is -7.66. The summed E-state index contributed by atoms with van der Waals surface area (Å²) in [4.78, 5) is -0.312. The Kier molecular flexibility index (Phi) is 10.4. The van der Waals surface area contributed by atoms with E-state index >= 15 is 8.78 Å². The summed E-state index contributed by atoms with van der Waals surface area (Å²) in [6, 6.07) is 7.58. The highest BCUT2D eigenvalue weighted by molar-refractivity contribution is 8.33. The average Bonchev–Trinajstić information content (AvgIpc) is 3.49. The van der Waals surface area contributed by atoms with E-state index in [9.17, 15) is 74.3 Å². The van der Waals surface area contributed by atoms with Gasteiger partial charge in [-0.25, -0.2) is 3.63 Å². The van der Waals surface area contributed by atoms with Crippen LogP contribution in [0.1, 0.15) is 32.1 Å². The van der Waals surface area contributed by atoms with E-state index in [4.69, 9.17) is 9.47 Å². The maximum absolute atomic E-state index is 15.0. The monoisotopic (exact) mass is 814 g/mol. The maximum Gasteiger partial charge on any atom is 0.460 e. The first kappa shape index (κ1) is 41.3. The van der Waals surface area contributed by atoms with E-state index in [-0.39, 0.29) is 34.3 Å². The van der Waals surface area contributed by atoms with E-state index in [0.29, 0.717) is 25.9 Å². The lowest BCUT2D eigenvalue weighted by Gasteiger charge is -2.43. The van der Waals surface area contributed by atoms with Gasteiger partial charge in [-0.15, -0.1) is 0 Å². The second-order valence-electron chi connectivity index (χ2n) is 11.4.